The van der Waals surface area contributed by atoms with Crippen molar-refractivity contribution in [2.45, 2.75) is 42.7 Å². The Bertz CT molecular complexity index is 554. The van der Waals surface area contributed by atoms with Crippen molar-refractivity contribution in [1.29, 1.82) is 0 Å². The van der Waals surface area contributed by atoms with Crippen LogP contribution in [0.1, 0.15) is 25.7 Å². The predicted octanol–water partition coefficient (Wildman–Crippen LogP) is 1.70. The van der Waals surface area contributed by atoms with Crippen LogP contribution in [-0.2, 0) is 10.0 Å². The lowest BCUT2D eigenvalue weighted by Gasteiger charge is -2.27. The Morgan fingerprint density at radius 1 is 1.26 bits per heavy atom. The highest BCUT2D eigenvalue weighted by Gasteiger charge is 2.20. The molecule has 0 saturated heterocycles. The highest BCUT2D eigenvalue weighted by atomic mass is 35.5. The maximum atomic E-state index is 11.3. The molecular formula is C12H17ClN2O3S. The van der Waals surface area contributed by atoms with Crippen molar-refractivity contribution in [1.82, 2.24) is 0 Å². The monoisotopic (exact) mass is 304 g/mol. The average molecular weight is 305 g/mol. The molecule has 1 aliphatic rings. The summed E-state index contributed by atoms with van der Waals surface area (Å²) in [6, 6.07) is 4.54. The number of benzene rings is 1. The van der Waals surface area contributed by atoms with E-state index >= 15 is 0 Å². The Kier molecular flexibility index (Phi) is 4.35. The molecule has 0 unspecified atom stereocenters. The maximum Gasteiger partial charge on any atom is 0.238 e. The summed E-state index contributed by atoms with van der Waals surface area (Å²) in [5.74, 6) is 0. The third kappa shape index (κ3) is 3.82. The number of hydrogen-bond acceptors (Lipinski definition) is 4. The smallest absolute Gasteiger partial charge is 0.238 e. The van der Waals surface area contributed by atoms with Gasteiger partial charge in [-0.3, -0.25) is 0 Å². The first-order chi connectivity index (χ1) is 8.86. The topological polar surface area (TPSA) is 92.4 Å². The van der Waals surface area contributed by atoms with Crippen LogP contribution >= 0.6 is 11.6 Å². The molecule has 106 valence electrons. The van der Waals surface area contributed by atoms with Gasteiger partial charge in [0.2, 0.25) is 10.0 Å². The van der Waals surface area contributed by atoms with Gasteiger partial charge >= 0.3 is 0 Å². The van der Waals surface area contributed by atoms with Gasteiger partial charge in [-0.1, -0.05) is 11.6 Å². The van der Waals surface area contributed by atoms with Crippen LogP contribution in [0.25, 0.3) is 0 Å². The molecule has 4 N–H and O–H groups in total. The Morgan fingerprint density at radius 2 is 1.89 bits per heavy atom. The maximum absolute atomic E-state index is 11.3. The van der Waals surface area contributed by atoms with E-state index in [1.807, 2.05) is 0 Å². The lowest BCUT2D eigenvalue weighted by Crippen LogP contribution is -2.28. The fourth-order valence-corrected chi connectivity index (χ4v) is 2.94. The first-order valence-electron chi connectivity index (χ1n) is 6.13. The van der Waals surface area contributed by atoms with Crippen LogP contribution < -0.4 is 10.5 Å². The van der Waals surface area contributed by atoms with Crippen LogP contribution in [0.5, 0.6) is 0 Å². The fourth-order valence-electron chi connectivity index (χ4n) is 2.23. The molecule has 1 aliphatic carbocycles. The van der Waals surface area contributed by atoms with Crippen LogP contribution in [-0.4, -0.2) is 25.7 Å². The summed E-state index contributed by atoms with van der Waals surface area (Å²) in [5, 5.41) is 18.2. The number of aliphatic hydroxyl groups excluding tert-OH is 1. The minimum atomic E-state index is -3.73. The minimum absolute atomic E-state index is 0.0373. The molecule has 1 aromatic rings. The number of nitrogens with one attached hydrogen (secondary N) is 1. The second kappa shape index (κ2) is 5.66. The van der Waals surface area contributed by atoms with Gasteiger partial charge in [0.15, 0.2) is 0 Å². The van der Waals surface area contributed by atoms with Crippen molar-refractivity contribution < 1.29 is 13.5 Å². The zero-order valence-corrected chi connectivity index (χ0v) is 11.9. The first-order valence-corrected chi connectivity index (χ1v) is 8.05. The minimum Gasteiger partial charge on any atom is -0.393 e. The van der Waals surface area contributed by atoms with Gasteiger partial charge in [-0.15, -0.1) is 0 Å². The number of halogens is 1. The number of aliphatic hydroxyl groups is 1. The number of hydrogen-bond donors (Lipinski definition) is 3. The van der Waals surface area contributed by atoms with Crippen molar-refractivity contribution in [3.63, 3.8) is 0 Å². The summed E-state index contributed by atoms with van der Waals surface area (Å²) in [7, 11) is -3.73. The summed E-state index contributed by atoms with van der Waals surface area (Å²) in [5.41, 5.74) is 0.564. The Labute approximate surface area is 117 Å². The Balaban J connectivity index is 2.16. The van der Waals surface area contributed by atoms with Crippen molar-refractivity contribution in [3.05, 3.63) is 23.2 Å². The van der Waals surface area contributed by atoms with Crippen LogP contribution in [0, 0.1) is 0 Å². The first kappa shape index (κ1) is 14.6. The van der Waals surface area contributed by atoms with Crippen molar-refractivity contribution in [2.24, 2.45) is 5.14 Å². The highest BCUT2D eigenvalue weighted by molar-refractivity contribution is 7.89. The zero-order valence-electron chi connectivity index (χ0n) is 10.3. The number of anilines is 1. The molecule has 0 amide bonds. The summed E-state index contributed by atoms with van der Waals surface area (Å²) in [4.78, 5) is 0.0373. The molecule has 7 heteroatoms. The van der Waals surface area contributed by atoms with Crippen LogP contribution in [0.3, 0.4) is 0 Å². The van der Waals surface area contributed by atoms with Gasteiger partial charge < -0.3 is 10.4 Å². The second-order valence-electron chi connectivity index (χ2n) is 4.84. The Hall–Kier alpha value is -0.820. The van der Waals surface area contributed by atoms with Gasteiger partial charge in [0.1, 0.15) is 0 Å². The fraction of sp³-hybridized carbons (Fsp3) is 0.500. The second-order valence-corrected chi connectivity index (χ2v) is 6.81. The molecule has 1 fully saturated rings. The summed E-state index contributed by atoms with van der Waals surface area (Å²) in [6.07, 6.45) is 2.91. The van der Waals surface area contributed by atoms with Gasteiger partial charge in [0, 0.05) is 6.04 Å². The molecule has 0 bridgehead atoms. The van der Waals surface area contributed by atoms with E-state index in [0.717, 1.165) is 25.7 Å². The largest absolute Gasteiger partial charge is 0.393 e. The van der Waals surface area contributed by atoms with E-state index in [-0.39, 0.29) is 17.0 Å². The highest BCUT2D eigenvalue weighted by Crippen LogP contribution is 2.28. The molecular weight excluding hydrogens is 288 g/mol. The van der Waals surface area contributed by atoms with E-state index in [2.05, 4.69) is 5.32 Å². The van der Waals surface area contributed by atoms with Crippen LogP contribution in [0.4, 0.5) is 5.69 Å². The summed E-state index contributed by atoms with van der Waals surface area (Å²) < 4.78 is 22.6. The van der Waals surface area contributed by atoms with E-state index in [4.69, 9.17) is 16.7 Å². The van der Waals surface area contributed by atoms with Crippen LogP contribution in [0.2, 0.25) is 5.02 Å². The van der Waals surface area contributed by atoms with E-state index in [1.54, 1.807) is 0 Å². The van der Waals surface area contributed by atoms with Gasteiger partial charge in [-0.25, -0.2) is 13.6 Å². The SMILES string of the molecule is NS(=O)(=O)c1ccc(Cl)c(NC2CCC(O)CC2)c1. The molecule has 0 spiro atoms. The summed E-state index contributed by atoms with van der Waals surface area (Å²) >= 11 is 6.05. The molecule has 0 heterocycles. The zero-order chi connectivity index (χ0) is 14.0. The number of sulfonamides is 1. The summed E-state index contributed by atoms with van der Waals surface area (Å²) in [6.45, 7) is 0. The number of primary sulfonamides is 1. The van der Waals surface area contributed by atoms with E-state index in [0.29, 0.717) is 10.7 Å². The molecule has 0 radical (unpaired) electrons. The van der Waals surface area contributed by atoms with Crippen molar-refractivity contribution >= 4 is 27.3 Å². The van der Waals surface area contributed by atoms with Gasteiger partial charge in [-0.2, -0.15) is 0 Å². The lowest BCUT2D eigenvalue weighted by atomic mass is 9.93. The molecule has 1 aromatic carbocycles. The number of nitrogens with two attached hydrogens (primary N) is 1. The molecule has 0 atom stereocenters. The molecule has 0 aliphatic heterocycles. The third-order valence-corrected chi connectivity index (χ3v) is 4.56. The van der Waals surface area contributed by atoms with E-state index in [1.165, 1.54) is 18.2 Å². The molecule has 1 saturated carbocycles. The van der Waals surface area contributed by atoms with Crippen LogP contribution in [0.15, 0.2) is 23.1 Å². The molecule has 2 rings (SSSR count). The molecule has 5 nitrogen and oxygen atoms in total. The predicted molar refractivity (Wildman–Crippen MR) is 74.7 cm³/mol. The molecule has 0 aromatic heterocycles. The Morgan fingerprint density at radius 3 is 2.47 bits per heavy atom. The molecule has 19 heavy (non-hydrogen) atoms. The van der Waals surface area contributed by atoms with Gasteiger partial charge in [0.25, 0.3) is 0 Å². The van der Waals surface area contributed by atoms with E-state index in [9.17, 15) is 13.5 Å². The normalized spacial score (nSPS) is 24.2. The third-order valence-electron chi connectivity index (χ3n) is 3.32. The van der Waals surface area contributed by atoms with Gasteiger partial charge in [0.05, 0.1) is 21.7 Å². The standard InChI is InChI=1S/C12H17ClN2O3S/c13-11-6-5-10(19(14,17)18)7-12(11)15-8-1-3-9(16)4-2-8/h5-9,15-16H,1-4H2,(H2,14,17,18). The lowest BCUT2D eigenvalue weighted by molar-refractivity contribution is 0.126. The quantitative estimate of drug-likeness (QED) is 0.792. The van der Waals surface area contributed by atoms with Gasteiger partial charge in [-0.05, 0) is 43.9 Å². The van der Waals surface area contributed by atoms with Crippen molar-refractivity contribution in [2.75, 3.05) is 5.32 Å². The number of rotatable bonds is 3. The average Bonchev–Trinajstić information content (AvgIpc) is 2.33. The van der Waals surface area contributed by atoms with E-state index < -0.39 is 10.0 Å². The van der Waals surface area contributed by atoms with Crippen molar-refractivity contribution in [3.8, 4) is 0 Å².